The van der Waals surface area contributed by atoms with Gasteiger partial charge in [-0.25, -0.2) is 4.79 Å². The van der Waals surface area contributed by atoms with Gasteiger partial charge in [-0.05, 0) is 6.07 Å². The van der Waals surface area contributed by atoms with Crippen molar-refractivity contribution in [2.24, 2.45) is 0 Å². The lowest BCUT2D eigenvalue weighted by Crippen LogP contribution is -2.26. The topological polar surface area (TPSA) is 74.3 Å². The molecule has 0 aromatic carbocycles. The molecular formula is C9H10N2O3. The normalized spacial score (nSPS) is 20.9. The second kappa shape index (κ2) is 3.17. The molecule has 74 valence electrons. The third kappa shape index (κ3) is 1.37. The highest BCUT2D eigenvalue weighted by Gasteiger charge is 2.28. The van der Waals surface area contributed by atoms with Crippen LogP contribution in [0.25, 0.3) is 0 Å². The van der Waals surface area contributed by atoms with Crippen LogP contribution in [0.5, 0.6) is 0 Å². The van der Waals surface area contributed by atoms with Crippen molar-refractivity contribution in [3.63, 3.8) is 0 Å². The molecule has 1 saturated heterocycles. The molecule has 0 radical (unpaired) electrons. The van der Waals surface area contributed by atoms with Crippen LogP contribution in [0, 0.1) is 0 Å². The van der Waals surface area contributed by atoms with Crippen molar-refractivity contribution in [1.29, 1.82) is 0 Å². The Bertz CT molecular complexity index is 424. The summed E-state index contributed by atoms with van der Waals surface area (Å²) in [7, 11) is 0. The highest BCUT2D eigenvalue weighted by molar-refractivity contribution is 5.76. The number of anilines is 1. The first-order chi connectivity index (χ1) is 6.68. The van der Waals surface area contributed by atoms with Crippen LogP contribution in [-0.4, -0.2) is 17.1 Å². The molecule has 1 aromatic rings. The number of ether oxygens (including phenoxy) is 1. The van der Waals surface area contributed by atoms with Gasteiger partial charge < -0.3 is 10.5 Å². The lowest BCUT2D eigenvalue weighted by molar-refractivity contribution is -0.140. The van der Waals surface area contributed by atoms with E-state index in [1.807, 2.05) is 0 Å². The largest absolute Gasteiger partial charge is 0.464 e. The summed E-state index contributed by atoms with van der Waals surface area (Å²) in [6, 6.07) is 2.35. The quantitative estimate of drug-likeness (QED) is 0.634. The van der Waals surface area contributed by atoms with Crippen molar-refractivity contribution >= 4 is 11.7 Å². The van der Waals surface area contributed by atoms with E-state index < -0.39 is 6.04 Å². The zero-order chi connectivity index (χ0) is 10.1. The zero-order valence-corrected chi connectivity index (χ0v) is 7.47. The minimum absolute atomic E-state index is 0.233. The van der Waals surface area contributed by atoms with Crippen molar-refractivity contribution in [1.82, 2.24) is 4.57 Å². The molecule has 0 amide bonds. The second-order valence-electron chi connectivity index (χ2n) is 3.18. The Labute approximate surface area is 80.1 Å². The van der Waals surface area contributed by atoms with Crippen LogP contribution in [0.3, 0.4) is 0 Å². The summed E-state index contributed by atoms with van der Waals surface area (Å²) in [5, 5.41) is 0. The second-order valence-corrected chi connectivity index (χ2v) is 3.18. The number of nitrogen functional groups attached to an aromatic ring is 1. The lowest BCUT2D eigenvalue weighted by Gasteiger charge is -2.09. The van der Waals surface area contributed by atoms with Gasteiger partial charge in [0.2, 0.25) is 0 Å². The third-order valence-electron chi connectivity index (χ3n) is 2.20. The molecule has 5 nitrogen and oxygen atoms in total. The first-order valence-corrected chi connectivity index (χ1v) is 4.33. The van der Waals surface area contributed by atoms with Crippen molar-refractivity contribution in [3.05, 3.63) is 28.7 Å². The van der Waals surface area contributed by atoms with Gasteiger partial charge in [0.25, 0.3) is 5.56 Å². The van der Waals surface area contributed by atoms with Crippen LogP contribution >= 0.6 is 0 Å². The fraction of sp³-hybridized carbons (Fsp3) is 0.333. The van der Waals surface area contributed by atoms with Gasteiger partial charge in [-0.1, -0.05) is 0 Å². The number of nitrogens with zero attached hydrogens (tertiary/aromatic N) is 1. The summed E-state index contributed by atoms with van der Waals surface area (Å²) >= 11 is 0. The van der Waals surface area contributed by atoms with Gasteiger partial charge in [-0.2, -0.15) is 0 Å². The predicted molar refractivity (Wildman–Crippen MR) is 49.7 cm³/mol. The van der Waals surface area contributed by atoms with Crippen LogP contribution in [0.1, 0.15) is 12.5 Å². The van der Waals surface area contributed by atoms with E-state index in [0.717, 1.165) is 0 Å². The van der Waals surface area contributed by atoms with E-state index >= 15 is 0 Å². The molecule has 5 heteroatoms. The van der Waals surface area contributed by atoms with Crippen LogP contribution in [-0.2, 0) is 9.53 Å². The van der Waals surface area contributed by atoms with Crippen LogP contribution in [0.15, 0.2) is 23.1 Å². The van der Waals surface area contributed by atoms with Crippen molar-refractivity contribution in [2.75, 3.05) is 12.3 Å². The standard InChI is InChI=1S/C9H10N2O3/c10-6-1-2-8(12)11(5-6)7-3-4-14-9(7)13/h1-2,5,7H,3-4,10H2. The van der Waals surface area contributed by atoms with Crippen LogP contribution < -0.4 is 11.3 Å². The molecule has 2 heterocycles. The minimum atomic E-state index is -0.508. The molecule has 1 aliphatic heterocycles. The Morgan fingerprint density at radius 3 is 2.86 bits per heavy atom. The number of rotatable bonds is 1. The average molecular weight is 194 g/mol. The molecule has 1 unspecified atom stereocenters. The number of cyclic esters (lactones) is 1. The van der Waals surface area contributed by atoms with Crippen LogP contribution in [0.4, 0.5) is 5.69 Å². The summed E-state index contributed by atoms with van der Waals surface area (Å²) in [5.41, 5.74) is 5.76. The summed E-state index contributed by atoms with van der Waals surface area (Å²) in [4.78, 5) is 22.6. The van der Waals surface area contributed by atoms with Gasteiger partial charge in [-0.15, -0.1) is 0 Å². The monoisotopic (exact) mass is 194 g/mol. The number of carbonyl (C=O) groups is 1. The number of pyridine rings is 1. The van der Waals surface area contributed by atoms with Crippen molar-refractivity contribution in [2.45, 2.75) is 12.5 Å². The van der Waals surface area contributed by atoms with Gasteiger partial charge in [-0.3, -0.25) is 9.36 Å². The molecule has 0 bridgehead atoms. The molecule has 2 N–H and O–H groups in total. The number of hydrogen-bond donors (Lipinski definition) is 1. The van der Waals surface area contributed by atoms with E-state index in [0.29, 0.717) is 18.7 Å². The number of aromatic nitrogens is 1. The Morgan fingerprint density at radius 1 is 1.43 bits per heavy atom. The molecule has 1 atom stereocenters. The van der Waals surface area contributed by atoms with Gasteiger partial charge in [0.15, 0.2) is 0 Å². The number of hydrogen-bond acceptors (Lipinski definition) is 4. The highest BCUT2D eigenvalue weighted by atomic mass is 16.5. The Morgan fingerprint density at radius 2 is 2.21 bits per heavy atom. The molecule has 2 rings (SSSR count). The molecule has 1 fully saturated rings. The van der Waals surface area contributed by atoms with Gasteiger partial charge >= 0.3 is 5.97 Å². The van der Waals surface area contributed by atoms with Gasteiger partial charge in [0.1, 0.15) is 6.04 Å². The Balaban J connectivity index is 2.45. The van der Waals surface area contributed by atoms with E-state index in [4.69, 9.17) is 10.5 Å². The molecule has 0 aliphatic carbocycles. The zero-order valence-electron chi connectivity index (χ0n) is 7.47. The summed E-state index contributed by atoms with van der Waals surface area (Å²) in [5.74, 6) is -0.363. The number of carbonyl (C=O) groups excluding carboxylic acids is 1. The Hall–Kier alpha value is -1.78. The van der Waals surface area contributed by atoms with E-state index in [1.54, 1.807) is 0 Å². The van der Waals surface area contributed by atoms with E-state index in [-0.39, 0.29) is 11.5 Å². The van der Waals surface area contributed by atoms with E-state index in [9.17, 15) is 9.59 Å². The summed E-state index contributed by atoms with van der Waals surface area (Å²) in [6.07, 6.45) is 2.00. The molecule has 0 saturated carbocycles. The van der Waals surface area contributed by atoms with Crippen molar-refractivity contribution in [3.8, 4) is 0 Å². The Kier molecular flexibility index (Phi) is 1.99. The summed E-state index contributed by atoms with van der Waals surface area (Å²) < 4.78 is 6.10. The molecule has 1 aromatic heterocycles. The fourth-order valence-corrected chi connectivity index (χ4v) is 1.50. The average Bonchev–Trinajstić information content (AvgIpc) is 2.56. The van der Waals surface area contributed by atoms with Gasteiger partial charge in [0, 0.05) is 24.4 Å². The third-order valence-corrected chi connectivity index (χ3v) is 2.20. The molecular weight excluding hydrogens is 184 g/mol. The lowest BCUT2D eigenvalue weighted by atomic mass is 10.2. The SMILES string of the molecule is Nc1ccc(=O)n(C2CCOC2=O)c1. The maximum absolute atomic E-state index is 11.4. The van der Waals surface area contributed by atoms with E-state index in [2.05, 4.69) is 0 Å². The smallest absolute Gasteiger partial charge is 0.329 e. The first-order valence-electron chi connectivity index (χ1n) is 4.33. The number of esters is 1. The maximum atomic E-state index is 11.4. The predicted octanol–water partition coefficient (Wildman–Crippen LogP) is -0.0815. The van der Waals surface area contributed by atoms with E-state index in [1.165, 1.54) is 22.9 Å². The number of nitrogens with two attached hydrogens (primary N) is 1. The van der Waals surface area contributed by atoms with Gasteiger partial charge in [0.05, 0.1) is 6.61 Å². The summed E-state index contributed by atoms with van der Waals surface area (Å²) in [6.45, 7) is 0.366. The fourth-order valence-electron chi connectivity index (χ4n) is 1.50. The molecule has 14 heavy (non-hydrogen) atoms. The maximum Gasteiger partial charge on any atom is 0.329 e. The molecule has 0 spiro atoms. The van der Waals surface area contributed by atoms with Crippen LogP contribution in [0.2, 0.25) is 0 Å². The molecule has 1 aliphatic rings. The first kappa shape index (κ1) is 8.80. The highest BCUT2D eigenvalue weighted by Crippen LogP contribution is 2.18. The van der Waals surface area contributed by atoms with Crippen molar-refractivity contribution < 1.29 is 9.53 Å². The minimum Gasteiger partial charge on any atom is -0.464 e.